The first kappa shape index (κ1) is 11.7. The first-order valence-electron chi connectivity index (χ1n) is 4.62. The number of carboxylic acid groups (broad SMARTS) is 1. The van der Waals surface area contributed by atoms with Crippen molar-refractivity contribution in [1.29, 1.82) is 0 Å². The van der Waals surface area contributed by atoms with E-state index >= 15 is 0 Å². The van der Waals surface area contributed by atoms with Crippen molar-refractivity contribution in [2.45, 2.75) is 32.2 Å². The van der Waals surface area contributed by atoms with Gasteiger partial charge in [0.1, 0.15) is 0 Å². The second-order valence-electron chi connectivity index (χ2n) is 3.83. The molecule has 0 saturated carbocycles. The van der Waals surface area contributed by atoms with E-state index in [-0.39, 0.29) is 6.42 Å². The average molecular weight is 214 g/mol. The van der Waals surface area contributed by atoms with Gasteiger partial charge in [0.2, 0.25) is 5.79 Å². The molecule has 15 heavy (non-hydrogen) atoms. The zero-order valence-corrected chi connectivity index (χ0v) is 8.73. The van der Waals surface area contributed by atoms with Gasteiger partial charge in [-0.2, -0.15) is 0 Å². The fourth-order valence-corrected chi connectivity index (χ4v) is 1.46. The number of rotatable bonds is 4. The van der Waals surface area contributed by atoms with Crippen LogP contribution in [0.4, 0.5) is 0 Å². The van der Waals surface area contributed by atoms with E-state index in [1.165, 1.54) is 6.08 Å². The quantitative estimate of drug-likeness (QED) is 0.557. The Labute approximate surface area is 87.7 Å². The molecule has 0 aliphatic carbocycles. The van der Waals surface area contributed by atoms with Gasteiger partial charge in [-0.25, -0.2) is 4.79 Å². The Bertz CT molecular complexity index is 294. The molecule has 0 unspecified atom stereocenters. The van der Waals surface area contributed by atoms with E-state index < -0.39 is 29.7 Å². The molecule has 84 valence electrons. The van der Waals surface area contributed by atoms with Gasteiger partial charge < -0.3 is 14.6 Å². The molecule has 1 rings (SSSR count). The van der Waals surface area contributed by atoms with Crippen LogP contribution in [-0.2, 0) is 19.1 Å². The minimum Gasteiger partial charge on any atom is -0.481 e. The summed E-state index contributed by atoms with van der Waals surface area (Å²) in [6.07, 6.45) is 0.571. The van der Waals surface area contributed by atoms with Crippen LogP contribution in [0, 0.1) is 5.92 Å². The minimum absolute atomic E-state index is 0.172. The Morgan fingerprint density at radius 2 is 2.33 bits per heavy atom. The fraction of sp³-hybridized carbons (Fsp3) is 0.600. The Balaban J connectivity index is 2.81. The smallest absolute Gasteiger partial charge is 0.338 e. The molecular formula is C10H14O5. The summed E-state index contributed by atoms with van der Waals surface area (Å²) >= 11 is 0. The van der Waals surface area contributed by atoms with Gasteiger partial charge in [0, 0.05) is 13.8 Å². The van der Waals surface area contributed by atoms with Gasteiger partial charge in [-0.1, -0.05) is 6.08 Å². The molecule has 1 heterocycles. The molecule has 1 fully saturated rings. The molecule has 1 aliphatic rings. The summed E-state index contributed by atoms with van der Waals surface area (Å²) in [6.45, 7) is 6.58. The number of aliphatic carboxylic acids is 1. The van der Waals surface area contributed by atoms with Gasteiger partial charge in [0.25, 0.3) is 0 Å². The Kier molecular flexibility index (Phi) is 3.14. The van der Waals surface area contributed by atoms with Gasteiger partial charge in [-0.15, -0.1) is 6.58 Å². The van der Waals surface area contributed by atoms with Crippen LogP contribution in [0.1, 0.15) is 20.3 Å². The molecule has 1 saturated heterocycles. The first-order valence-corrected chi connectivity index (χ1v) is 4.62. The Morgan fingerprint density at radius 3 is 2.67 bits per heavy atom. The van der Waals surface area contributed by atoms with E-state index in [2.05, 4.69) is 6.58 Å². The van der Waals surface area contributed by atoms with Crippen LogP contribution < -0.4 is 0 Å². The fourth-order valence-electron chi connectivity index (χ4n) is 1.46. The van der Waals surface area contributed by atoms with Gasteiger partial charge in [0.05, 0.1) is 5.92 Å². The molecular weight excluding hydrogens is 200 g/mol. The average Bonchev–Trinajstić information content (AvgIpc) is 2.35. The maximum absolute atomic E-state index is 11.4. The predicted octanol–water partition coefficient (Wildman–Crippen LogP) is 0.941. The monoisotopic (exact) mass is 214 g/mol. The number of hydrogen-bond donors (Lipinski definition) is 1. The van der Waals surface area contributed by atoms with E-state index in [9.17, 15) is 9.59 Å². The molecule has 5 nitrogen and oxygen atoms in total. The number of esters is 1. The number of carbonyl (C=O) groups is 2. The number of allylic oxidation sites excluding steroid dienone is 1. The molecule has 1 aliphatic heterocycles. The lowest BCUT2D eigenvalue weighted by molar-refractivity contribution is -0.163. The second-order valence-corrected chi connectivity index (χ2v) is 3.83. The van der Waals surface area contributed by atoms with Crippen molar-refractivity contribution < 1.29 is 24.2 Å². The lowest BCUT2D eigenvalue weighted by Crippen LogP contribution is -2.33. The number of carboxylic acids is 1. The van der Waals surface area contributed by atoms with Crippen LogP contribution in [0.25, 0.3) is 0 Å². The van der Waals surface area contributed by atoms with Crippen molar-refractivity contribution >= 4 is 11.9 Å². The van der Waals surface area contributed by atoms with Crippen LogP contribution in [0.3, 0.4) is 0 Å². The zero-order chi connectivity index (χ0) is 11.6. The van der Waals surface area contributed by atoms with E-state index in [1.807, 2.05) is 0 Å². The zero-order valence-electron chi connectivity index (χ0n) is 8.73. The number of hydrogen-bond acceptors (Lipinski definition) is 4. The summed E-state index contributed by atoms with van der Waals surface area (Å²) in [5.41, 5.74) is 0. The molecule has 0 amide bonds. The van der Waals surface area contributed by atoms with Gasteiger partial charge in [-0.3, -0.25) is 4.79 Å². The molecule has 0 spiro atoms. The largest absolute Gasteiger partial charge is 0.481 e. The van der Waals surface area contributed by atoms with Crippen molar-refractivity contribution in [1.82, 2.24) is 0 Å². The van der Waals surface area contributed by atoms with Crippen LogP contribution in [0.15, 0.2) is 12.7 Å². The van der Waals surface area contributed by atoms with Gasteiger partial charge >= 0.3 is 11.9 Å². The molecule has 5 heteroatoms. The van der Waals surface area contributed by atoms with E-state index in [1.54, 1.807) is 13.8 Å². The summed E-state index contributed by atoms with van der Waals surface area (Å²) in [7, 11) is 0. The normalized spacial score (nSPS) is 25.7. The Morgan fingerprint density at radius 1 is 1.73 bits per heavy atom. The van der Waals surface area contributed by atoms with E-state index in [0.29, 0.717) is 0 Å². The SMILES string of the molecule is C=CC[C@@H](C(=O)O)[C@@H]1OC(C)(C)OC1=O. The topological polar surface area (TPSA) is 72.8 Å². The van der Waals surface area contributed by atoms with Crippen LogP contribution in [0.5, 0.6) is 0 Å². The standard InChI is InChI=1S/C10H14O5/c1-4-5-6(8(11)12)7-9(13)15-10(2,3)14-7/h4,6-7H,1,5H2,2-3H3,(H,11,12)/t6-,7+/m1/s1. The predicted molar refractivity (Wildman–Crippen MR) is 51.0 cm³/mol. The lowest BCUT2D eigenvalue weighted by atomic mass is 9.99. The molecule has 0 aromatic rings. The highest BCUT2D eigenvalue weighted by molar-refractivity contribution is 5.84. The van der Waals surface area contributed by atoms with E-state index in [4.69, 9.17) is 14.6 Å². The number of carbonyl (C=O) groups excluding carboxylic acids is 1. The van der Waals surface area contributed by atoms with Crippen LogP contribution >= 0.6 is 0 Å². The maximum atomic E-state index is 11.4. The Hall–Kier alpha value is -1.36. The summed E-state index contributed by atoms with van der Waals surface area (Å²) in [5, 5.41) is 8.92. The summed E-state index contributed by atoms with van der Waals surface area (Å²) in [4.78, 5) is 22.3. The molecule has 0 aromatic carbocycles. The third-order valence-electron chi connectivity index (χ3n) is 2.09. The van der Waals surface area contributed by atoms with E-state index in [0.717, 1.165) is 0 Å². The second kappa shape index (κ2) is 4.02. The first-order chi connectivity index (χ1) is 6.87. The lowest BCUT2D eigenvalue weighted by Gasteiger charge is -2.17. The molecule has 0 aromatic heterocycles. The van der Waals surface area contributed by atoms with Crippen molar-refractivity contribution in [3.05, 3.63) is 12.7 Å². The highest BCUT2D eigenvalue weighted by Gasteiger charge is 2.47. The maximum Gasteiger partial charge on any atom is 0.338 e. The van der Waals surface area contributed by atoms with Crippen molar-refractivity contribution in [3.63, 3.8) is 0 Å². The van der Waals surface area contributed by atoms with Crippen molar-refractivity contribution in [2.75, 3.05) is 0 Å². The molecule has 1 N–H and O–H groups in total. The summed E-state index contributed by atoms with van der Waals surface area (Å²) in [6, 6.07) is 0. The minimum atomic E-state index is -1.09. The van der Waals surface area contributed by atoms with Gasteiger partial charge in [-0.05, 0) is 6.42 Å². The molecule has 0 bridgehead atoms. The van der Waals surface area contributed by atoms with Crippen LogP contribution in [0.2, 0.25) is 0 Å². The van der Waals surface area contributed by atoms with Crippen molar-refractivity contribution in [2.24, 2.45) is 5.92 Å². The highest BCUT2D eigenvalue weighted by atomic mass is 16.8. The summed E-state index contributed by atoms with van der Waals surface area (Å²) in [5.74, 6) is -3.70. The third kappa shape index (κ3) is 2.56. The third-order valence-corrected chi connectivity index (χ3v) is 2.09. The van der Waals surface area contributed by atoms with Crippen molar-refractivity contribution in [3.8, 4) is 0 Å². The molecule has 0 radical (unpaired) electrons. The number of cyclic esters (lactones) is 1. The highest BCUT2D eigenvalue weighted by Crippen LogP contribution is 2.29. The number of ether oxygens (including phenoxy) is 2. The van der Waals surface area contributed by atoms with Gasteiger partial charge in [0.15, 0.2) is 6.10 Å². The van der Waals surface area contributed by atoms with Crippen LogP contribution in [-0.4, -0.2) is 28.9 Å². The summed E-state index contributed by atoms with van der Waals surface area (Å²) < 4.78 is 10.1. The molecule has 2 atom stereocenters.